The van der Waals surface area contributed by atoms with Crippen LogP contribution in [0.5, 0.6) is 0 Å². The molecule has 5 nitrogen and oxygen atoms in total. The maximum absolute atomic E-state index is 14.0. The monoisotopic (exact) mass is 394 g/mol. The van der Waals surface area contributed by atoms with Crippen LogP contribution >= 0.6 is 11.8 Å². The molecule has 1 N–H and O–H groups in total. The van der Waals surface area contributed by atoms with Gasteiger partial charge in [-0.1, -0.05) is 18.2 Å². The zero-order valence-corrected chi connectivity index (χ0v) is 16.0. The van der Waals surface area contributed by atoms with E-state index in [1.54, 1.807) is 12.1 Å². The van der Waals surface area contributed by atoms with Gasteiger partial charge >= 0.3 is 0 Å². The summed E-state index contributed by atoms with van der Waals surface area (Å²) in [5, 5.41) is 2.90. The Morgan fingerprint density at radius 1 is 1.23 bits per heavy atom. The molecule has 1 aliphatic rings. The lowest BCUT2D eigenvalue weighted by Gasteiger charge is -2.26. The molecule has 0 spiro atoms. The summed E-state index contributed by atoms with van der Waals surface area (Å²) in [5.74, 6) is 0.0342. The molecule has 1 amide bonds. The maximum Gasteiger partial charge on any atom is 0.251 e. The molecule has 0 bridgehead atoms. The number of rotatable bonds is 4. The van der Waals surface area contributed by atoms with E-state index in [0.717, 1.165) is 9.87 Å². The standard InChI is InChI=1S/C18H19FN2O3S2/c1-21(2)26(23,24)13-6-3-5-12(11-13)18(22)20-16-9-10-25-17-14(16)7-4-8-15(17)19/h3-8,11,16H,9-10H2,1-2H3,(H,20,22). The van der Waals surface area contributed by atoms with Crippen molar-refractivity contribution in [2.24, 2.45) is 0 Å². The molecule has 3 rings (SSSR count). The number of hydrogen-bond donors (Lipinski definition) is 1. The van der Waals surface area contributed by atoms with Crippen LogP contribution < -0.4 is 5.32 Å². The Hall–Kier alpha value is -1.90. The van der Waals surface area contributed by atoms with Crippen LogP contribution in [0.4, 0.5) is 4.39 Å². The van der Waals surface area contributed by atoms with Crippen molar-refractivity contribution < 1.29 is 17.6 Å². The van der Waals surface area contributed by atoms with Gasteiger partial charge in [-0.3, -0.25) is 4.79 Å². The highest BCUT2D eigenvalue weighted by Gasteiger charge is 2.25. The highest BCUT2D eigenvalue weighted by atomic mass is 32.2. The van der Waals surface area contributed by atoms with E-state index in [1.807, 2.05) is 6.07 Å². The quantitative estimate of drug-likeness (QED) is 0.866. The lowest BCUT2D eigenvalue weighted by Crippen LogP contribution is -2.31. The number of thioether (sulfide) groups is 1. The fourth-order valence-electron chi connectivity index (χ4n) is 2.79. The Labute approximate surface area is 156 Å². The van der Waals surface area contributed by atoms with Gasteiger partial charge in [0.15, 0.2) is 0 Å². The van der Waals surface area contributed by atoms with Crippen molar-refractivity contribution in [3.8, 4) is 0 Å². The van der Waals surface area contributed by atoms with E-state index in [-0.39, 0.29) is 28.2 Å². The van der Waals surface area contributed by atoms with E-state index in [0.29, 0.717) is 17.1 Å². The molecule has 138 valence electrons. The van der Waals surface area contributed by atoms with Gasteiger partial charge in [-0.05, 0) is 36.2 Å². The van der Waals surface area contributed by atoms with Gasteiger partial charge in [-0.25, -0.2) is 17.1 Å². The zero-order valence-electron chi connectivity index (χ0n) is 14.4. The highest BCUT2D eigenvalue weighted by Crippen LogP contribution is 2.37. The third kappa shape index (κ3) is 3.62. The lowest BCUT2D eigenvalue weighted by atomic mass is 10.0. The van der Waals surface area contributed by atoms with Crippen molar-refractivity contribution in [2.75, 3.05) is 19.8 Å². The van der Waals surface area contributed by atoms with Crippen LogP contribution in [0.2, 0.25) is 0 Å². The molecule has 0 aromatic heterocycles. The molecule has 0 radical (unpaired) electrons. The van der Waals surface area contributed by atoms with E-state index in [2.05, 4.69) is 5.32 Å². The molecule has 26 heavy (non-hydrogen) atoms. The number of nitrogens with zero attached hydrogens (tertiary/aromatic N) is 1. The first kappa shape index (κ1) is 18.9. The number of fused-ring (bicyclic) bond motifs is 1. The summed E-state index contributed by atoms with van der Waals surface area (Å²) in [7, 11) is -0.744. The third-order valence-corrected chi connectivity index (χ3v) is 7.18. The molecule has 0 aliphatic carbocycles. The van der Waals surface area contributed by atoms with Gasteiger partial charge in [0.25, 0.3) is 5.91 Å². The van der Waals surface area contributed by atoms with Crippen molar-refractivity contribution in [3.63, 3.8) is 0 Å². The number of nitrogens with one attached hydrogen (secondary N) is 1. The number of sulfonamides is 1. The summed E-state index contributed by atoms with van der Waals surface area (Å²) in [5.41, 5.74) is 1.01. The van der Waals surface area contributed by atoms with Gasteiger partial charge in [-0.2, -0.15) is 0 Å². The van der Waals surface area contributed by atoms with Crippen molar-refractivity contribution in [3.05, 3.63) is 59.4 Å². The van der Waals surface area contributed by atoms with E-state index in [4.69, 9.17) is 0 Å². The topological polar surface area (TPSA) is 66.5 Å². The molecule has 8 heteroatoms. The third-order valence-electron chi connectivity index (χ3n) is 4.21. The first-order valence-corrected chi connectivity index (χ1v) is 10.5. The Bertz CT molecular complexity index is 945. The number of amides is 1. The first-order chi connectivity index (χ1) is 12.3. The average molecular weight is 394 g/mol. The Morgan fingerprint density at radius 2 is 1.96 bits per heavy atom. The minimum Gasteiger partial charge on any atom is -0.345 e. The maximum atomic E-state index is 14.0. The van der Waals surface area contributed by atoms with Gasteiger partial charge in [0.2, 0.25) is 10.0 Å². The van der Waals surface area contributed by atoms with Gasteiger partial charge < -0.3 is 5.32 Å². The minimum atomic E-state index is -3.62. The van der Waals surface area contributed by atoms with E-state index in [1.165, 1.54) is 50.1 Å². The van der Waals surface area contributed by atoms with Crippen LogP contribution in [0.3, 0.4) is 0 Å². The summed E-state index contributed by atoms with van der Waals surface area (Å²) in [6.45, 7) is 0. The van der Waals surface area contributed by atoms with Crippen molar-refractivity contribution in [2.45, 2.75) is 22.3 Å². The molecular formula is C18H19FN2O3S2. The van der Waals surface area contributed by atoms with Crippen LogP contribution in [-0.4, -0.2) is 38.5 Å². The SMILES string of the molecule is CN(C)S(=O)(=O)c1cccc(C(=O)NC2CCSc3c(F)cccc32)c1. The second-order valence-electron chi connectivity index (χ2n) is 6.14. The Kier molecular flexibility index (Phi) is 5.36. The number of hydrogen-bond acceptors (Lipinski definition) is 4. The summed E-state index contributed by atoms with van der Waals surface area (Å²) >= 11 is 1.44. The number of benzene rings is 2. The van der Waals surface area contributed by atoms with E-state index in [9.17, 15) is 17.6 Å². The summed E-state index contributed by atoms with van der Waals surface area (Å²) < 4.78 is 39.6. The number of carbonyl (C=O) groups excluding carboxylic acids is 1. The van der Waals surface area contributed by atoms with Crippen LogP contribution in [0, 0.1) is 5.82 Å². The predicted octanol–water partition coefficient (Wildman–Crippen LogP) is 3.04. The Balaban J connectivity index is 1.86. The molecule has 2 aromatic carbocycles. The fraction of sp³-hybridized carbons (Fsp3) is 0.278. The Morgan fingerprint density at radius 3 is 2.69 bits per heavy atom. The largest absolute Gasteiger partial charge is 0.345 e. The smallest absolute Gasteiger partial charge is 0.251 e. The molecule has 0 saturated heterocycles. The summed E-state index contributed by atoms with van der Waals surface area (Å²) in [4.78, 5) is 13.3. The molecule has 2 aromatic rings. The van der Waals surface area contributed by atoms with Gasteiger partial charge in [0, 0.05) is 30.3 Å². The molecule has 1 atom stereocenters. The molecule has 1 aliphatic heterocycles. The fourth-order valence-corrected chi connectivity index (χ4v) is 4.88. The van der Waals surface area contributed by atoms with Gasteiger partial charge in [-0.15, -0.1) is 11.8 Å². The molecular weight excluding hydrogens is 375 g/mol. The average Bonchev–Trinajstić information content (AvgIpc) is 2.62. The lowest BCUT2D eigenvalue weighted by molar-refractivity contribution is 0.0934. The highest BCUT2D eigenvalue weighted by molar-refractivity contribution is 7.99. The van der Waals surface area contributed by atoms with Crippen LogP contribution in [-0.2, 0) is 10.0 Å². The van der Waals surface area contributed by atoms with Crippen molar-refractivity contribution >= 4 is 27.7 Å². The van der Waals surface area contributed by atoms with Crippen molar-refractivity contribution in [1.29, 1.82) is 0 Å². The number of carbonyl (C=O) groups is 1. The van der Waals surface area contributed by atoms with Crippen LogP contribution in [0.15, 0.2) is 52.3 Å². The van der Waals surface area contributed by atoms with Gasteiger partial charge in [0.1, 0.15) is 5.82 Å². The second-order valence-corrected chi connectivity index (χ2v) is 9.39. The van der Waals surface area contributed by atoms with Gasteiger partial charge in [0.05, 0.1) is 10.9 Å². The summed E-state index contributed by atoms with van der Waals surface area (Å²) in [6.07, 6.45) is 0.683. The second kappa shape index (κ2) is 7.38. The first-order valence-electron chi connectivity index (χ1n) is 8.05. The normalized spacial score (nSPS) is 17.0. The number of halogens is 1. The van der Waals surface area contributed by atoms with Crippen LogP contribution in [0.25, 0.3) is 0 Å². The molecule has 0 saturated carbocycles. The predicted molar refractivity (Wildman–Crippen MR) is 99.3 cm³/mol. The van der Waals surface area contributed by atoms with Crippen LogP contribution in [0.1, 0.15) is 28.4 Å². The minimum absolute atomic E-state index is 0.0563. The molecule has 0 fully saturated rings. The zero-order chi connectivity index (χ0) is 18.9. The van der Waals surface area contributed by atoms with E-state index < -0.39 is 10.0 Å². The van der Waals surface area contributed by atoms with Crippen molar-refractivity contribution in [1.82, 2.24) is 9.62 Å². The van der Waals surface area contributed by atoms with E-state index >= 15 is 0 Å². The molecule has 1 heterocycles. The molecule has 1 unspecified atom stereocenters. The summed E-state index contributed by atoms with van der Waals surface area (Å²) in [6, 6.07) is 10.5.